The van der Waals surface area contributed by atoms with Crippen LogP contribution in [-0.2, 0) is 15.1 Å². The lowest BCUT2D eigenvalue weighted by molar-refractivity contribution is -0.170. The molecule has 24 heavy (non-hydrogen) atoms. The molecule has 1 N–H and O–H groups in total. The van der Waals surface area contributed by atoms with E-state index >= 15 is 0 Å². The maximum absolute atomic E-state index is 12.6. The molecule has 1 unspecified atom stereocenters. The molecule has 0 saturated carbocycles. The molecule has 0 amide bonds. The molecule has 0 radical (unpaired) electrons. The number of carbonyl (C=O) groups excluding carboxylic acids is 1. The molecule has 0 aliphatic heterocycles. The van der Waals surface area contributed by atoms with Crippen LogP contribution in [0.4, 0.5) is 0 Å². The summed E-state index contributed by atoms with van der Waals surface area (Å²) in [6, 6.07) is 9.12. The van der Waals surface area contributed by atoms with Crippen molar-refractivity contribution in [3.63, 3.8) is 0 Å². The van der Waals surface area contributed by atoms with Crippen molar-refractivity contribution in [2.45, 2.75) is 72.3 Å². The van der Waals surface area contributed by atoms with Gasteiger partial charge in [-0.15, -0.1) is 0 Å². The zero-order chi connectivity index (χ0) is 18.2. The van der Waals surface area contributed by atoms with Gasteiger partial charge in [0.25, 0.3) is 0 Å². The Bertz CT molecular complexity index is 488. The van der Waals surface area contributed by atoms with Crippen LogP contribution in [0, 0.1) is 11.3 Å². The topological polar surface area (TPSA) is 46.5 Å². The monoisotopic (exact) mass is 334 g/mol. The molecular formula is C21H34O3. The summed E-state index contributed by atoms with van der Waals surface area (Å²) < 4.78 is 5.43. The van der Waals surface area contributed by atoms with Crippen LogP contribution in [-0.4, -0.2) is 17.7 Å². The summed E-state index contributed by atoms with van der Waals surface area (Å²) in [6.45, 7) is 10.8. The van der Waals surface area contributed by atoms with E-state index < -0.39 is 11.6 Å². The van der Waals surface area contributed by atoms with E-state index in [0.29, 0.717) is 24.5 Å². The smallest absolute Gasteiger partial charge is 0.342 e. The fourth-order valence-corrected chi connectivity index (χ4v) is 2.89. The lowest BCUT2D eigenvalue weighted by Gasteiger charge is -2.32. The van der Waals surface area contributed by atoms with Gasteiger partial charge >= 0.3 is 5.97 Å². The Kier molecular flexibility index (Phi) is 7.95. The van der Waals surface area contributed by atoms with Crippen LogP contribution in [0.3, 0.4) is 0 Å². The third-order valence-electron chi connectivity index (χ3n) is 4.03. The maximum Gasteiger partial charge on any atom is 0.342 e. The lowest BCUT2D eigenvalue weighted by Crippen LogP contribution is -2.40. The normalized spacial score (nSPS) is 14.5. The molecule has 1 aromatic rings. The Hall–Kier alpha value is -1.35. The van der Waals surface area contributed by atoms with E-state index in [1.165, 1.54) is 6.42 Å². The third-order valence-corrected chi connectivity index (χ3v) is 4.03. The van der Waals surface area contributed by atoms with Crippen LogP contribution in [0.15, 0.2) is 30.3 Å². The van der Waals surface area contributed by atoms with Gasteiger partial charge in [0.2, 0.25) is 0 Å². The summed E-state index contributed by atoms with van der Waals surface area (Å²) in [6.07, 6.45) is 4.58. The fraction of sp³-hybridized carbons (Fsp3) is 0.667. The molecule has 1 rings (SSSR count). The van der Waals surface area contributed by atoms with E-state index in [4.69, 9.17) is 4.74 Å². The summed E-state index contributed by atoms with van der Waals surface area (Å²) in [5.41, 5.74) is -1.18. The van der Waals surface area contributed by atoms with Gasteiger partial charge in [-0.05, 0) is 29.7 Å². The first-order chi connectivity index (χ1) is 11.1. The molecule has 0 saturated heterocycles. The van der Waals surface area contributed by atoms with E-state index in [0.717, 1.165) is 19.3 Å². The number of aliphatic hydroxyl groups is 1. The summed E-state index contributed by atoms with van der Waals surface area (Å²) in [5, 5.41) is 11.1. The Morgan fingerprint density at radius 1 is 1.08 bits per heavy atom. The van der Waals surface area contributed by atoms with Crippen molar-refractivity contribution in [1.82, 2.24) is 0 Å². The quantitative estimate of drug-likeness (QED) is 0.506. The number of hydrogen-bond donors (Lipinski definition) is 1. The average Bonchev–Trinajstić information content (AvgIpc) is 2.49. The molecule has 0 aliphatic rings. The third kappa shape index (κ3) is 7.04. The molecule has 1 atom stereocenters. The van der Waals surface area contributed by atoms with Gasteiger partial charge in [-0.3, -0.25) is 0 Å². The summed E-state index contributed by atoms with van der Waals surface area (Å²) in [7, 11) is 0. The molecule has 0 aliphatic carbocycles. The highest BCUT2D eigenvalue weighted by molar-refractivity contribution is 5.81. The molecule has 136 valence electrons. The minimum absolute atomic E-state index is 0.194. The lowest BCUT2D eigenvalue weighted by atomic mass is 9.78. The SMILES string of the molecule is CC(C)CCCCCOC(=O)C(O)(CC(C)(C)C)c1ccccc1. The zero-order valence-electron chi connectivity index (χ0n) is 16.0. The van der Waals surface area contributed by atoms with E-state index in [9.17, 15) is 9.90 Å². The van der Waals surface area contributed by atoms with Crippen molar-refractivity contribution in [3.8, 4) is 0 Å². The Balaban J connectivity index is 2.65. The van der Waals surface area contributed by atoms with E-state index in [1.807, 2.05) is 39.0 Å². The van der Waals surface area contributed by atoms with Crippen molar-refractivity contribution in [2.75, 3.05) is 6.61 Å². The molecule has 0 heterocycles. The molecule has 3 heteroatoms. The standard InChI is InChI=1S/C21H34O3/c1-17(2)12-8-7-11-15-24-19(22)21(23,16-20(3,4)5)18-13-9-6-10-14-18/h6,9-10,13-14,17,23H,7-8,11-12,15-16H2,1-5H3. The molecule has 0 aromatic heterocycles. The number of rotatable bonds is 9. The summed E-state index contributed by atoms with van der Waals surface area (Å²) >= 11 is 0. The van der Waals surface area contributed by atoms with Gasteiger partial charge in [-0.2, -0.15) is 0 Å². The van der Waals surface area contributed by atoms with E-state index in [1.54, 1.807) is 12.1 Å². The number of esters is 1. The highest BCUT2D eigenvalue weighted by atomic mass is 16.5. The second kappa shape index (κ2) is 9.22. The van der Waals surface area contributed by atoms with Crippen molar-refractivity contribution in [1.29, 1.82) is 0 Å². The molecule has 0 spiro atoms. The molecule has 1 aromatic carbocycles. The Labute approximate surface area is 147 Å². The number of benzene rings is 1. The first-order valence-corrected chi connectivity index (χ1v) is 9.10. The predicted molar refractivity (Wildman–Crippen MR) is 98.7 cm³/mol. The van der Waals surface area contributed by atoms with Crippen molar-refractivity contribution < 1.29 is 14.6 Å². The highest BCUT2D eigenvalue weighted by Gasteiger charge is 2.42. The summed E-state index contributed by atoms with van der Waals surface area (Å²) in [4.78, 5) is 12.6. The Morgan fingerprint density at radius 2 is 1.71 bits per heavy atom. The van der Waals surface area contributed by atoms with Crippen LogP contribution >= 0.6 is 0 Å². The number of hydrogen-bond acceptors (Lipinski definition) is 3. The van der Waals surface area contributed by atoms with Gasteiger partial charge in [0.05, 0.1) is 6.61 Å². The van der Waals surface area contributed by atoms with Gasteiger partial charge in [0.1, 0.15) is 0 Å². The molecule has 0 bridgehead atoms. The average molecular weight is 334 g/mol. The number of unbranched alkanes of at least 4 members (excludes halogenated alkanes) is 2. The fourth-order valence-electron chi connectivity index (χ4n) is 2.89. The van der Waals surface area contributed by atoms with Crippen LogP contribution in [0.1, 0.15) is 72.3 Å². The van der Waals surface area contributed by atoms with Gasteiger partial charge in [0.15, 0.2) is 5.60 Å². The minimum Gasteiger partial charge on any atom is -0.463 e. The summed E-state index contributed by atoms with van der Waals surface area (Å²) in [5.74, 6) is 0.176. The van der Waals surface area contributed by atoms with Crippen LogP contribution in [0.25, 0.3) is 0 Å². The molecule has 0 fully saturated rings. The van der Waals surface area contributed by atoms with Gasteiger partial charge in [-0.25, -0.2) is 4.79 Å². The second-order valence-corrected chi connectivity index (χ2v) is 8.34. The first kappa shape index (κ1) is 20.7. The second-order valence-electron chi connectivity index (χ2n) is 8.34. The largest absolute Gasteiger partial charge is 0.463 e. The first-order valence-electron chi connectivity index (χ1n) is 9.10. The number of ether oxygens (including phenoxy) is 1. The zero-order valence-corrected chi connectivity index (χ0v) is 16.0. The predicted octanol–water partition coefficient (Wildman–Crippen LogP) is 5.07. The van der Waals surface area contributed by atoms with Crippen molar-refractivity contribution in [3.05, 3.63) is 35.9 Å². The molecule has 3 nitrogen and oxygen atoms in total. The van der Waals surface area contributed by atoms with Crippen molar-refractivity contribution in [2.24, 2.45) is 11.3 Å². The maximum atomic E-state index is 12.6. The van der Waals surface area contributed by atoms with E-state index in [2.05, 4.69) is 13.8 Å². The highest BCUT2D eigenvalue weighted by Crippen LogP contribution is 2.35. The minimum atomic E-state index is -1.59. The van der Waals surface area contributed by atoms with Gasteiger partial charge in [0, 0.05) is 0 Å². The number of carbonyl (C=O) groups is 1. The van der Waals surface area contributed by atoms with Crippen LogP contribution < -0.4 is 0 Å². The van der Waals surface area contributed by atoms with Gasteiger partial charge in [-0.1, -0.05) is 84.2 Å². The van der Waals surface area contributed by atoms with Crippen LogP contribution in [0.2, 0.25) is 0 Å². The Morgan fingerprint density at radius 3 is 2.25 bits per heavy atom. The van der Waals surface area contributed by atoms with Crippen molar-refractivity contribution >= 4 is 5.97 Å². The molecular weight excluding hydrogens is 300 g/mol. The van der Waals surface area contributed by atoms with Crippen LogP contribution in [0.5, 0.6) is 0 Å². The van der Waals surface area contributed by atoms with E-state index in [-0.39, 0.29) is 5.41 Å². The van der Waals surface area contributed by atoms with Gasteiger partial charge < -0.3 is 9.84 Å².